The minimum atomic E-state index is -4.03. The van der Waals surface area contributed by atoms with Crippen molar-refractivity contribution in [2.45, 2.75) is 120 Å². The van der Waals surface area contributed by atoms with Crippen LogP contribution in [-0.4, -0.2) is 106 Å². The Kier molecular flexibility index (Phi) is 11.5. The van der Waals surface area contributed by atoms with E-state index < -0.39 is 86.1 Å². The number of hydrogen-bond acceptors (Lipinski definition) is 11. The van der Waals surface area contributed by atoms with Gasteiger partial charge in [-0.25, -0.2) is 23.2 Å². The van der Waals surface area contributed by atoms with E-state index in [0.717, 1.165) is 6.42 Å². The SMILES string of the molecule is COc1ccc2nc(C)c(O[C@@H]3C[C@H]4C(=O)N[C@]5(C(=O)NS(=O)(=O)C6(C)CC6)C[C@H]5/C=C\CCCCC[C@H](NC(=O)[C@@H](NC(=O)O)C(C)C)C(=O)N4C3)nc2c1. The number of fused-ring (bicyclic) bond motifs is 3. The Labute approximate surface area is 325 Å². The highest BCUT2D eigenvalue weighted by Crippen LogP contribution is 2.47. The smallest absolute Gasteiger partial charge is 0.405 e. The molecule has 6 rings (SSSR count). The number of hydrogen-bond donors (Lipinski definition) is 5. The van der Waals surface area contributed by atoms with Gasteiger partial charge in [-0.15, -0.1) is 0 Å². The van der Waals surface area contributed by atoms with Crippen LogP contribution in [0.5, 0.6) is 11.6 Å². The minimum absolute atomic E-state index is 0.0285. The van der Waals surface area contributed by atoms with E-state index in [4.69, 9.17) is 9.47 Å². The van der Waals surface area contributed by atoms with Gasteiger partial charge in [0.25, 0.3) is 5.91 Å². The molecule has 6 atom stereocenters. The average Bonchev–Trinajstić information content (AvgIpc) is 4.02. The first-order valence-electron chi connectivity index (χ1n) is 19.1. The Morgan fingerprint density at radius 2 is 1.84 bits per heavy atom. The maximum Gasteiger partial charge on any atom is 0.405 e. The van der Waals surface area contributed by atoms with Gasteiger partial charge in [0.05, 0.1) is 29.4 Å². The molecule has 2 aromatic rings. The molecule has 56 heavy (non-hydrogen) atoms. The summed E-state index contributed by atoms with van der Waals surface area (Å²) in [7, 11) is -2.50. The van der Waals surface area contributed by atoms with Gasteiger partial charge < -0.3 is 35.4 Å². The number of nitrogens with one attached hydrogen (secondary N) is 4. The first-order chi connectivity index (χ1) is 26.5. The van der Waals surface area contributed by atoms with Crippen molar-refractivity contribution < 1.29 is 47.0 Å². The quantitative estimate of drug-likeness (QED) is 0.218. The second-order valence-electron chi connectivity index (χ2n) is 15.9. The van der Waals surface area contributed by atoms with Crippen LogP contribution in [0.4, 0.5) is 4.79 Å². The number of sulfonamides is 1. The van der Waals surface area contributed by atoms with Gasteiger partial charge in [-0.3, -0.25) is 23.9 Å². The molecule has 18 heteroatoms. The van der Waals surface area contributed by atoms with Gasteiger partial charge in [0.15, 0.2) is 0 Å². The number of aryl methyl sites for hydroxylation is 1. The van der Waals surface area contributed by atoms with E-state index >= 15 is 0 Å². The molecule has 304 valence electrons. The van der Waals surface area contributed by atoms with Gasteiger partial charge in [-0.05, 0) is 70.4 Å². The summed E-state index contributed by atoms with van der Waals surface area (Å²) in [5.41, 5.74) is 0.00132. The zero-order valence-corrected chi connectivity index (χ0v) is 33.1. The number of carbonyl (C=O) groups is 5. The van der Waals surface area contributed by atoms with E-state index in [1.165, 1.54) is 12.0 Å². The molecule has 3 fully saturated rings. The molecule has 1 saturated heterocycles. The first-order valence-corrected chi connectivity index (χ1v) is 20.6. The van der Waals surface area contributed by atoms with E-state index in [1.54, 1.807) is 45.9 Å². The summed E-state index contributed by atoms with van der Waals surface area (Å²) < 4.78 is 39.2. The average molecular weight is 798 g/mol. The number of carboxylic acid groups (broad SMARTS) is 1. The molecule has 5 N–H and O–H groups in total. The van der Waals surface area contributed by atoms with Crippen molar-refractivity contribution in [3.63, 3.8) is 0 Å². The van der Waals surface area contributed by atoms with E-state index in [2.05, 4.69) is 30.6 Å². The number of rotatable bonds is 10. The van der Waals surface area contributed by atoms with Crippen molar-refractivity contribution in [2.75, 3.05) is 13.7 Å². The number of carbonyl (C=O) groups excluding carboxylic acids is 4. The predicted octanol–water partition coefficient (Wildman–Crippen LogP) is 2.47. The predicted molar refractivity (Wildman–Crippen MR) is 203 cm³/mol. The Hall–Kier alpha value is -5.00. The second kappa shape index (κ2) is 15.9. The molecule has 0 bridgehead atoms. The summed E-state index contributed by atoms with van der Waals surface area (Å²) in [5.74, 6) is -2.98. The van der Waals surface area contributed by atoms with Crippen LogP contribution in [0.2, 0.25) is 0 Å². The summed E-state index contributed by atoms with van der Waals surface area (Å²) in [4.78, 5) is 78.5. The zero-order valence-electron chi connectivity index (χ0n) is 32.3. The van der Waals surface area contributed by atoms with Gasteiger partial charge in [-0.1, -0.05) is 38.8 Å². The third-order valence-corrected chi connectivity index (χ3v) is 13.5. The van der Waals surface area contributed by atoms with Gasteiger partial charge in [0.1, 0.15) is 41.2 Å². The summed E-state index contributed by atoms with van der Waals surface area (Å²) in [5, 5.41) is 17.2. The molecule has 5 amide bonds. The van der Waals surface area contributed by atoms with Crippen LogP contribution >= 0.6 is 0 Å². The maximum absolute atomic E-state index is 14.6. The molecule has 0 spiro atoms. The van der Waals surface area contributed by atoms with Gasteiger partial charge in [0, 0.05) is 18.4 Å². The summed E-state index contributed by atoms with van der Waals surface area (Å²) >= 11 is 0. The number of amides is 5. The molecule has 0 unspecified atom stereocenters. The summed E-state index contributed by atoms with van der Waals surface area (Å²) in [6.45, 7) is 6.54. The van der Waals surface area contributed by atoms with Crippen molar-refractivity contribution >= 4 is 50.8 Å². The van der Waals surface area contributed by atoms with Crippen LogP contribution in [0, 0.1) is 18.8 Å². The van der Waals surface area contributed by atoms with E-state index in [-0.39, 0.29) is 31.7 Å². The molecule has 2 aliphatic carbocycles. The van der Waals surface area contributed by atoms with Gasteiger partial charge in [0.2, 0.25) is 33.6 Å². The molecule has 2 saturated carbocycles. The lowest BCUT2D eigenvalue weighted by atomic mass is 10.0. The molecule has 0 radical (unpaired) electrons. The number of aromatic nitrogens is 2. The van der Waals surface area contributed by atoms with Crippen LogP contribution in [0.15, 0.2) is 30.4 Å². The Bertz CT molecular complexity index is 2040. The molecule has 17 nitrogen and oxygen atoms in total. The maximum atomic E-state index is 14.6. The lowest BCUT2D eigenvalue weighted by molar-refractivity contribution is -0.142. The number of ether oxygens (including phenoxy) is 2. The third-order valence-electron chi connectivity index (χ3n) is 11.3. The van der Waals surface area contributed by atoms with Crippen molar-refractivity contribution in [1.29, 1.82) is 0 Å². The van der Waals surface area contributed by atoms with E-state index in [9.17, 15) is 37.5 Å². The van der Waals surface area contributed by atoms with Crippen molar-refractivity contribution in [3.8, 4) is 11.6 Å². The highest BCUT2D eigenvalue weighted by molar-refractivity contribution is 7.91. The largest absolute Gasteiger partial charge is 0.497 e. The summed E-state index contributed by atoms with van der Waals surface area (Å²) in [6.07, 6.45) is 5.33. The highest BCUT2D eigenvalue weighted by atomic mass is 32.2. The molecule has 1 aromatic carbocycles. The molecule has 2 aliphatic heterocycles. The van der Waals surface area contributed by atoms with Gasteiger partial charge >= 0.3 is 6.09 Å². The van der Waals surface area contributed by atoms with Crippen molar-refractivity contribution in [3.05, 3.63) is 36.0 Å². The summed E-state index contributed by atoms with van der Waals surface area (Å²) in [6, 6.07) is 1.75. The second-order valence-corrected chi connectivity index (χ2v) is 18.1. The van der Waals surface area contributed by atoms with Gasteiger partial charge in [-0.2, -0.15) is 0 Å². The van der Waals surface area contributed by atoms with Crippen molar-refractivity contribution in [1.82, 2.24) is 35.5 Å². The fourth-order valence-electron chi connectivity index (χ4n) is 7.38. The van der Waals surface area contributed by atoms with Crippen LogP contribution in [-0.2, 0) is 29.2 Å². The monoisotopic (exact) mass is 797 g/mol. The van der Waals surface area contributed by atoms with Crippen LogP contribution in [0.25, 0.3) is 11.0 Å². The number of allylic oxidation sites excluding steroid dienone is 1. The van der Waals surface area contributed by atoms with Crippen molar-refractivity contribution in [2.24, 2.45) is 11.8 Å². The number of nitrogens with zero attached hydrogens (tertiary/aromatic N) is 3. The zero-order chi connectivity index (χ0) is 40.6. The van der Waals surface area contributed by atoms with E-state index in [1.807, 2.05) is 12.2 Å². The molecular formula is C38H51N7O10S. The Balaban J connectivity index is 1.32. The lowest BCUT2D eigenvalue weighted by Gasteiger charge is -2.31. The van der Waals surface area contributed by atoms with Crippen LogP contribution in [0.3, 0.4) is 0 Å². The number of methoxy groups -OCH3 is 1. The number of benzene rings is 1. The fourth-order valence-corrected chi connectivity index (χ4v) is 8.69. The highest BCUT2D eigenvalue weighted by Gasteiger charge is 2.63. The molecule has 1 aromatic heterocycles. The van der Waals surface area contributed by atoms with Crippen LogP contribution in [0.1, 0.15) is 84.3 Å². The fraction of sp³-hybridized carbons (Fsp3) is 0.605. The Morgan fingerprint density at radius 1 is 1.09 bits per heavy atom. The van der Waals surface area contributed by atoms with Crippen LogP contribution < -0.4 is 30.1 Å². The topological polar surface area (TPSA) is 235 Å². The third kappa shape index (κ3) is 8.54. The molecule has 4 aliphatic rings. The molecule has 3 heterocycles. The minimum Gasteiger partial charge on any atom is -0.497 e. The normalized spacial score (nSPS) is 27.4. The Morgan fingerprint density at radius 3 is 2.52 bits per heavy atom. The molecular weight excluding hydrogens is 747 g/mol. The lowest BCUT2D eigenvalue weighted by Crippen LogP contribution is -2.59. The van der Waals surface area contributed by atoms with E-state index in [0.29, 0.717) is 54.6 Å². The first kappa shape index (κ1) is 40.7. The standard InChI is InChI=1S/C38H51N7O10S/c1-21(2)30(42-36(50)51)32(47)40-27-12-10-8-6-7-9-11-23-19-38(23,35(49)44-56(52,53)37(4)15-16-37)43-31(46)29-18-25(20-45(29)34(27)48)55-33-22(3)39-26-14-13-24(54-5)17-28(26)41-33/h9,11,13-14,17,21,23,25,27,29-30,42H,6-8,10,12,15-16,18-20H2,1-5H3,(H,40,47)(H,43,46)(H,44,49)(H,50,51)/b11-9-/t23-,25-,27+,29+,30+,38-/m1/s1.